The van der Waals surface area contributed by atoms with Crippen molar-refractivity contribution >= 4 is 5.91 Å². The lowest BCUT2D eigenvalue weighted by atomic mass is 10.1. The normalized spacial score (nSPS) is 22.3. The SMILES string of the molecule is Cc1ccccc1C1NC(C)C(=O)N1CCCCN(C)C. The molecule has 0 aromatic heterocycles. The molecule has 1 fully saturated rings. The standard InChI is InChI=1S/C17H27N3O/c1-13-9-5-6-10-15(13)16-18-14(2)17(21)20(16)12-8-7-11-19(3)4/h5-6,9-10,14,16,18H,7-8,11-12H2,1-4H3. The predicted octanol–water partition coefficient (Wildman–Crippen LogP) is 2.16. The molecule has 4 nitrogen and oxygen atoms in total. The Labute approximate surface area is 128 Å². The lowest BCUT2D eigenvalue weighted by Crippen LogP contribution is -2.32. The van der Waals surface area contributed by atoms with Gasteiger partial charge in [0, 0.05) is 6.54 Å². The van der Waals surface area contributed by atoms with E-state index in [1.165, 1.54) is 11.1 Å². The van der Waals surface area contributed by atoms with E-state index >= 15 is 0 Å². The minimum absolute atomic E-state index is 0.0213. The summed E-state index contributed by atoms with van der Waals surface area (Å²) in [5.41, 5.74) is 2.44. The van der Waals surface area contributed by atoms with Crippen molar-refractivity contribution in [1.29, 1.82) is 0 Å². The first-order valence-electron chi connectivity index (χ1n) is 7.77. The molecular formula is C17H27N3O. The van der Waals surface area contributed by atoms with Gasteiger partial charge in [-0.3, -0.25) is 10.1 Å². The quantitative estimate of drug-likeness (QED) is 0.815. The summed E-state index contributed by atoms with van der Waals surface area (Å²) in [5.74, 6) is 0.216. The highest BCUT2D eigenvalue weighted by Gasteiger charge is 2.36. The fraction of sp³-hybridized carbons (Fsp3) is 0.588. The number of aryl methyl sites for hydroxylation is 1. The molecule has 116 valence electrons. The second-order valence-electron chi connectivity index (χ2n) is 6.19. The van der Waals surface area contributed by atoms with Crippen LogP contribution in [0.5, 0.6) is 0 Å². The number of unbranched alkanes of at least 4 members (excludes halogenated alkanes) is 1. The Hall–Kier alpha value is -1.39. The molecule has 1 saturated heterocycles. The van der Waals surface area contributed by atoms with Crippen molar-refractivity contribution in [1.82, 2.24) is 15.1 Å². The molecule has 0 spiro atoms. The average Bonchev–Trinajstić information content (AvgIpc) is 2.71. The van der Waals surface area contributed by atoms with Gasteiger partial charge in [-0.2, -0.15) is 0 Å². The monoisotopic (exact) mass is 289 g/mol. The van der Waals surface area contributed by atoms with Crippen molar-refractivity contribution < 1.29 is 4.79 Å². The van der Waals surface area contributed by atoms with Gasteiger partial charge in [0.1, 0.15) is 6.17 Å². The van der Waals surface area contributed by atoms with Crippen molar-refractivity contribution in [2.24, 2.45) is 0 Å². The van der Waals surface area contributed by atoms with E-state index in [1.807, 2.05) is 24.0 Å². The molecule has 0 saturated carbocycles. The predicted molar refractivity (Wildman–Crippen MR) is 86.0 cm³/mol. The van der Waals surface area contributed by atoms with Crippen LogP contribution in [0.15, 0.2) is 24.3 Å². The van der Waals surface area contributed by atoms with Crippen LogP contribution < -0.4 is 5.32 Å². The lowest BCUT2D eigenvalue weighted by molar-refractivity contribution is -0.129. The van der Waals surface area contributed by atoms with Crippen molar-refractivity contribution in [3.05, 3.63) is 35.4 Å². The van der Waals surface area contributed by atoms with Crippen LogP contribution in [-0.4, -0.2) is 48.9 Å². The molecule has 1 aromatic rings. The largest absolute Gasteiger partial charge is 0.322 e. The highest BCUT2D eigenvalue weighted by Crippen LogP contribution is 2.27. The van der Waals surface area contributed by atoms with E-state index < -0.39 is 0 Å². The molecule has 1 aliphatic heterocycles. The van der Waals surface area contributed by atoms with E-state index in [4.69, 9.17) is 0 Å². The van der Waals surface area contributed by atoms with Gasteiger partial charge < -0.3 is 9.80 Å². The van der Waals surface area contributed by atoms with Crippen LogP contribution in [-0.2, 0) is 4.79 Å². The summed E-state index contributed by atoms with van der Waals surface area (Å²) in [7, 11) is 4.17. The van der Waals surface area contributed by atoms with Gasteiger partial charge in [0.25, 0.3) is 0 Å². The molecular weight excluding hydrogens is 262 g/mol. The Morgan fingerprint density at radius 2 is 1.95 bits per heavy atom. The maximum atomic E-state index is 12.4. The number of hydrogen-bond acceptors (Lipinski definition) is 3. The molecule has 1 aromatic carbocycles. The van der Waals surface area contributed by atoms with E-state index in [2.05, 4.69) is 43.4 Å². The summed E-state index contributed by atoms with van der Waals surface area (Å²) in [4.78, 5) is 16.6. The van der Waals surface area contributed by atoms with E-state index in [9.17, 15) is 4.79 Å². The van der Waals surface area contributed by atoms with Crippen LogP contribution in [0.2, 0.25) is 0 Å². The van der Waals surface area contributed by atoms with Gasteiger partial charge in [-0.15, -0.1) is 0 Å². The summed E-state index contributed by atoms with van der Waals surface area (Å²) in [6.45, 7) is 5.95. The third-order valence-corrected chi connectivity index (χ3v) is 4.11. The average molecular weight is 289 g/mol. The van der Waals surface area contributed by atoms with Gasteiger partial charge in [-0.25, -0.2) is 0 Å². The number of rotatable bonds is 6. The van der Waals surface area contributed by atoms with Crippen molar-refractivity contribution in [3.63, 3.8) is 0 Å². The molecule has 1 N–H and O–H groups in total. The Bertz CT molecular complexity index is 487. The van der Waals surface area contributed by atoms with Gasteiger partial charge in [0.05, 0.1) is 6.04 Å². The van der Waals surface area contributed by atoms with Crippen LogP contribution in [0, 0.1) is 6.92 Å². The minimum Gasteiger partial charge on any atom is -0.322 e. The van der Waals surface area contributed by atoms with Crippen LogP contribution in [0.4, 0.5) is 0 Å². The van der Waals surface area contributed by atoms with Crippen molar-refractivity contribution in [3.8, 4) is 0 Å². The van der Waals surface area contributed by atoms with Gasteiger partial charge in [-0.05, 0) is 58.5 Å². The zero-order valence-electron chi connectivity index (χ0n) is 13.6. The van der Waals surface area contributed by atoms with E-state index in [0.29, 0.717) is 0 Å². The van der Waals surface area contributed by atoms with Crippen LogP contribution >= 0.6 is 0 Å². The molecule has 0 aliphatic carbocycles. The fourth-order valence-corrected chi connectivity index (χ4v) is 2.87. The molecule has 2 rings (SSSR count). The maximum absolute atomic E-state index is 12.4. The van der Waals surface area contributed by atoms with Crippen LogP contribution in [0.3, 0.4) is 0 Å². The second kappa shape index (κ2) is 7.05. The summed E-state index contributed by atoms with van der Waals surface area (Å²) < 4.78 is 0. The first kappa shape index (κ1) is 16.0. The molecule has 1 aliphatic rings. The highest BCUT2D eigenvalue weighted by atomic mass is 16.2. The summed E-state index contributed by atoms with van der Waals surface area (Å²) in [6.07, 6.45) is 2.18. The van der Waals surface area contributed by atoms with Crippen molar-refractivity contribution in [2.45, 2.75) is 38.9 Å². The number of amides is 1. The molecule has 21 heavy (non-hydrogen) atoms. The van der Waals surface area contributed by atoms with Crippen LogP contribution in [0.25, 0.3) is 0 Å². The van der Waals surface area contributed by atoms with E-state index in [0.717, 1.165) is 25.9 Å². The number of carbonyl (C=O) groups excluding carboxylic acids is 1. The number of hydrogen-bond donors (Lipinski definition) is 1. The summed E-state index contributed by atoms with van der Waals surface area (Å²) in [6, 6.07) is 8.21. The van der Waals surface area contributed by atoms with Crippen molar-refractivity contribution in [2.75, 3.05) is 27.2 Å². The molecule has 2 unspecified atom stereocenters. The molecule has 0 bridgehead atoms. The third-order valence-electron chi connectivity index (χ3n) is 4.11. The first-order chi connectivity index (χ1) is 10.0. The molecule has 1 heterocycles. The van der Waals surface area contributed by atoms with Gasteiger partial charge >= 0.3 is 0 Å². The highest BCUT2D eigenvalue weighted by molar-refractivity contribution is 5.84. The molecule has 4 heteroatoms. The number of carbonyl (C=O) groups is 1. The zero-order valence-corrected chi connectivity index (χ0v) is 13.6. The first-order valence-corrected chi connectivity index (χ1v) is 7.77. The molecule has 2 atom stereocenters. The topological polar surface area (TPSA) is 35.6 Å². The summed E-state index contributed by atoms with van der Waals surface area (Å²) in [5, 5.41) is 3.43. The molecule has 1 amide bonds. The number of nitrogens with one attached hydrogen (secondary N) is 1. The third kappa shape index (κ3) is 3.83. The smallest absolute Gasteiger partial charge is 0.241 e. The Kier molecular flexibility index (Phi) is 5.37. The Morgan fingerprint density at radius 3 is 2.62 bits per heavy atom. The minimum atomic E-state index is -0.0940. The Balaban J connectivity index is 2.05. The van der Waals surface area contributed by atoms with Gasteiger partial charge in [0.15, 0.2) is 0 Å². The second-order valence-corrected chi connectivity index (χ2v) is 6.19. The molecule has 0 radical (unpaired) electrons. The lowest BCUT2D eigenvalue weighted by Gasteiger charge is -2.26. The zero-order chi connectivity index (χ0) is 15.4. The van der Waals surface area contributed by atoms with Crippen LogP contribution in [0.1, 0.15) is 37.1 Å². The van der Waals surface area contributed by atoms with Gasteiger partial charge in [-0.1, -0.05) is 24.3 Å². The maximum Gasteiger partial charge on any atom is 0.241 e. The van der Waals surface area contributed by atoms with Gasteiger partial charge in [0.2, 0.25) is 5.91 Å². The number of nitrogens with zero attached hydrogens (tertiary/aromatic N) is 2. The fourth-order valence-electron chi connectivity index (χ4n) is 2.87. The van der Waals surface area contributed by atoms with E-state index in [-0.39, 0.29) is 18.1 Å². The van der Waals surface area contributed by atoms with E-state index in [1.54, 1.807) is 0 Å². The Morgan fingerprint density at radius 1 is 1.24 bits per heavy atom. The summed E-state index contributed by atoms with van der Waals surface area (Å²) >= 11 is 0. The number of benzene rings is 1.